The van der Waals surface area contributed by atoms with Crippen molar-refractivity contribution in [3.05, 3.63) is 102 Å². The molecule has 2 aromatic carbocycles. The molecule has 4 rings (SSSR count). The van der Waals surface area contributed by atoms with Crippen LogP contribution in [0.5, 0.6) is 0 Å². The van der Waals surface area contributed by atoms with Crippen LogP contribution in [-0.2, 0) is 24.7 Å². The van der Waals surface area contributed by atoms with Crippen molar-refractivity contribution in [3.63, 3.8) is 0 Å². The Labute approximate surface area is 183 Å². The standard InChI is InChI=1S/C27H29N3O/c1-30-20-25(24-12-5-6-13-26(24)30)22(15-14-21-9-3-2-4-10-21)19-27(31)29-18-16-23-11-7-8-17-28-23/h2-13,17,20,22H,14-16,18-19H2,1H3,(H,29,31)/t22-/m1/s1. The first kappa shape index (κ1) is 20.9. The van der Waals surface area contributed by atoms with E-state index >= 15 is 0 Å². The number of amides is 1. The van der Waals surface area contributed by atoms with Gasteiger partial charge in [0.15, 0.2) is 0 Å². The first-order valence-electron chi connectivity index (χ1n) is 10.9. The van der Waals surface area contributed by atoms with Gasteiger partial charge < -0.3 is 9.88 Å². The quantitative estimate of drug-likeness (QED) is 0.419. The fraction of sp³-hybridized carbons (Fsp3) is 0.259. The van der Waals surface area contributed by atoms with E-state index < -0.39 is 0 Å². The fourth-order valence-corrected chi connectivity index (χ4v) is 4.22. The summed E-state index contributed by atoms with van der Waals surface area (Å²) in [4.78, 5) is 17.2. The third kappa shape index (κ3) is 5.40. The van der Waals surface area contributed by atoms with Crippen LogP contribution in [0.15, 0.2) is 85.2 Å². The van der Waals surface area contributed by atoms with Crippen molar-refractivity contribution in [3.8, 4) is 0 Å². The van der Waals surface area contributed by atoms with E-state index in [9.17, 15) is 4.79 Å². The molecule has 0 aliphatic carbocycles. The van der Waals surface area contributed by atoms with Gasteiger partial charge >= 0.3 is 0 Å². The maximum Gasteiger partial charge on any atom is 0.220 e. The first-order valence-corrected chi connectivity index (χ1v) is 10.9. The van der Waals surface area contributed by atoms with Gasteiger partial charge in [0, 0.05) is 55.4 Å². The number of carbonyl (C=O) groups excluding carboxylic acids is 1. The minimum absolute atomic E-state index is 0.0990. The number of hydrogen-bond acceptors (Lipinski definition) is 2. The van der Waals surface area contributed by atoms with Crippen LogP contribution in [0.1, 0.15) is 35.6 Å². The van der Waals surface area contributed by atoms with Gasteiger partial charge in [-0.2, -0.15) is 0 Å². The number of nitrogens with one attached hydrogen (secondary N) is 1. The third-order valence-electron chi connectivity index (χ3n) is 5.85. The number of aryl methyl sites for hydroxylation is 2. The number of para-hydroxylation sites is 1. The van der Waals surface area contributed by atoms with E-state index in [2.05, 4.69) is 76.6 Å². The summed E-state index contributed by atoms with van der Waals surface area (Å²) in [6.07, 6.45) is 7.11. The molecule has 31 heavy (non-hydrogen) atoms. The normalized spacial score (nSPS) is 12.0. The maximum atomic E-state index is 12.8. The van der Waals surface area contributed by atoms with Crippen LogP contribution in [0.25, 0.3) is 10.9 Å². The predicted octanol–water partition coefficient (Wildman–Crippen LogP) is 5.04. The molecule has 1 atom stereocenters. The lowest BCUT2D eigenvalue weighted by molar-refractivity contribution is -0.121. The largest absolute Gasteiger partial charge is 0.356 e. The van der Waals surface area contributed by atoms with Gasteiger partial charge in [0.05, 0.1) is 0 Å². The average Bonchev–Trinajstić information content (AvgIpc) is 3.15. The highest BCUT2D eigenvalue weighted by molar-refractivity contribution is 5.85. The second-order valence-corrected chi connectivity index (χ2v) is 8.06. The molecule has 0 aliphatic heterocycles. The van der Waals surface area contributed by atoms with E-state index in [4.69, 9.17) is 0 Å². The van der Waals surface area contributed by atoms with E-state index in [1.165, 1.54) is 22.0 Å². The first-order chi connectivity index (χ1) is 15.2. The number of pyridine rings is 1. The second-order valence-electron chi connectivity index (χ2n) is 8.06. The molecule has 4 nitrogen and oxygen atoms in total. The summed E-state index contributed by atoms with van der Waals surface area (Å²) in [5.41, 5.74) is 4.77. The van der Waals surface area contributed by atoms with Gasteiger partial charge in [-0.3, -0.25) is 9.78 Å². The lowest BCUT2D eigenvalue weighted by Crippen LogP contribution is -2.27. The molecule has 0 spiro atoms. The summed E-state index contributed by atoms with van der Waals surface area (Å²) in [5, 5.41) is 4.34. The van der Waals surface area contributed by atoms with Crippen molar-refractivity contribution in [2.45, 2.75) is 31.6 Å². The molecule has 2 heterocycles. The molecule has 0 saturated heterocycles. The number of hydrogen-bond donors (Lipinski definition) is 1. The zero-order valence-corrected chi connectivity index (χ0v) is 18.0. The van der Waals surface area contributed by atoms with Crippen molar-refractivity contribution in [2.75, 3.05) is 6.54 Å². The minimum atomic E-state index is 0.0990. The molecule has 0 saturated carbocycles. The second kappa shape index (κ2) is 10.1. The minimum Gasteiger partial charge on any atom is -0.356 e. The van der Waals surface area contributed by atoms with Gasteiger partial charge in [-0.1, -0.05) is 54.6 Å². The van der Waals surface area contributed by atoms with Crippen LogP contribution in [0.4, 0.5) is 0 Å². The Balaban J connectivity index is 1.47. The third-order valence-corrected chi connectivity index (χ3v) is 5.85. The smallest absolute Gasteiger partial charge is 0.220 e. The zero-order chi connectivity index (χ0) is 21.5. The summed E-state index contributed by atoms with van der Waals surface area (Å²) in [5.74, 6) is 0.267. The van der Waals surface area contributed by atoms with Crippen LogP contribution in [0.3, 0.4) is 0 Å². The molecule has 158 valence electrons. The molecule has 1 amide bonds. The van der Waals surface area contributed by atoms with Gasteiger partial charge in [-0.15, -0.1) is 0 Å². The predicted molar refractivity (Wildman–Crippen MR) is 126 cm³/mol. The van der Waals surface area contributed by atoms with Crippen molar-refractivity contribution >= 4 is 16.8 Å². The van der Waals surface area contributed by atoms with Crippen LogP contribution in [-0.4, -0.2) is 22.0 Å². The molecule has 2 aromatic heterocycles. The lowest BCUT2D eigenvalue weighted by Gasteiger charge is -2.17. The Morgan fingerprint density at radius 3 is 2.55 bits per heavy atom. The van der Waals surface area contributed by atoms with E-state index in [1.807, 2.05) is 24.3 Å². The highest BCUT2D eigenvalue weighted by Gasteiger charge is 2.20. The van der Waals surface area contributed by atoms with Crippen molar-refractivity contribution in [2.24, 2.45) is 7.05 Å². The van der Waals surface area contributed by atoms with Gasteiger partial charge in [0.25, 0.3) is 0 Å². The van der Waals surface area contributed by atoms with Gasteiger partial charge in [-0.25, -0.2) is 0 Å². The summed E-state index contributed by atoms with van der Waals surface area (Å²) in [6, 6.07) is 24.8. The zero-order valence-electron chi connectivity index (χ0n) is 18.0. The molecule has 0 aliphatic rings. The van der Waals surface area contributed by atoms with Crippen molar-refractivity contribution in [1.29, 1.82) is 0 Å². The maximum absolute atomic E-state index is 12.8. The van der Waals surface area contributed by atoms with E-state index in [0.29, 0.717) is 13.0 Å². The highest BCUT2D eigenvalue weighted by Crippen LogP contribution is 2.32. The van der Waals surface area contributed by atoms with Crippen LogP contribution < -0.4 is 5.32 Å². The molecule has 0 fully saturated rings. The summed E-state index contributed by atoms with van der Waals surface area (Å²) in [6.45, 7) is 0.608. The molecule has 1 N–H and O–H groups in total. The Bertz CT molecular complexity index is 1120. The highest BCUT2D eigenvalue weighted by atomic mass is 16.1. The lowest BCUT2D eigenvalue weighted by atomic mass is 9.89. The van der Waals surface area contributed by atoms with Crippen LogP contribution in [0, 0.1) is 0 Å². The summed E-state index contributed by atoms with van der Waals surface area (Å²) < 4.78 is 2.17. The van der Waals surface area contributed by atoms with Crippen LogP contribution in [0.2, 0.25) is 0 Å². The Kier molecular flexibility index (Phi) is 6.78. The van der Waals surface area contributed by atoms with Gasteiger partial charge in [0.1, 0.15) is 0 Å². The topological polar surface area (TPSA) is 46.9 Å². The monoisotopic (exact) mass is 411 g/mol. The number of fused-ring (bicyclic) bond motifs is 1. The summed E-state index contributed by atoms with van der Waals surface area (Å²) >= 11 is 0. The van der Waals surface area contributed by atoms with Crippen LogP contribution >= 0.6 is 0 Å². The average molecular weight is 412 g/mol. The number of nitrogens with zero attached hydrogens (tertiary/aromatic N) is 2. The Morgan fingerprint density at radius 1 is 0.968 bits per heavy atom. The molecule has 4 heteroatoms. The Morgan fingerprint density at radius 2 is 1.74 bits per heavy atom. The molecule has 0 unspecified atom stereocenters. The molecular formula is C27H29N3O. The Hall–Kier alpha value is -3.40. The van der Waals surface area contributed by atoms with Crippen molar-refractivity contribution in [1.82, 2.24) is 14.9 Å². The van der Waals surface area contributed by atoms with E-state index in [1.54, 1.807) is 6.20 Å². The van der Waals surface area contributed by atoms with E-state index in [0.717, 1.165) is 25.0 Å². The summed E-state index contributed by atoms with van der Waals surface area (Å²) in [7, 11) is 2.08. The molecule has 0 radical (unpaired) electrons. The molecular weight excluding hydrogens is 382 g/mol. The molecule has 0 bridgehead atoms. The number of carbonyl (C=O) groups is 1. The molecule has 4 aromatic rings. The SMILES string of the molecule is Cn1cc([C@H](CCc2ccccc2)CC(=O)NCCc2ccccn2)c2ccccc21. The fourth-order valence-electron chi connectivity index (χ4n) is 4.22. The van der Waals surface area contributed by atoms with E-state index in [-0.39, 0.29) is 11.8 Å². The van der Waals surface area contributed by atoms with Gasteiger partial charge in [0.2, 0.25) is 5.91 Å². The van der Waals surface area contributed by atoms with Gasteiger partial charge in [-0.05, 0) is 48.1 Å². The number of benzene rings is 2. The number of rotatable bonds is 9. The van der Waals surface area contributed by atoms with Crippen molar-refractivity contribution < 1.29 is 4.79 Å². The number of aromatic nitrogens is 2.